The minimum absolute atomic E-state index is 0.0134. The van der Waals surface area contributed by atoms with Crippen LogP contribution in [-0.2, 0) is 21.1 Å². The Bertz CT molecular complexity index is 957. The van der Waals surface area contributed by atoms with Crippen LogP contribution in [0.1, 0.15) is 22.8 Å². The molecule has 7 heteroatoms. The largest absolute Gasteiger partial charge is 0.354 e. The fourth-order valence-corrected chi connectivity index (χ4v) is 5.59. The van der Waals surface area contributed by atoms with E-state index in [0.29, 0.717) is 18.4 Å². The van der Waals surface area contributed by atoms with Crippen molar-refractivity contribution >= 4 is 27.1 Å². The number of nitrogens with one attached hydrogen (secondary N) is 1. The van der Waals surface area contributed by atoms with Crippen LogP contribution < -0.4 is 5.32 Å². The third-order valence-corrected chi connectivity index (χ3v) is 7.71. The van der Waals surface area contributed by atoms with Gasteiger partial charge in [-0.05, 0) is 35.1 Å². The Balaban J connectivity index is 1.70. The number of pyridine rings is 1. The van der Waals surface area contributed by atoms with Crippen LogP contribution in [-0.4, -0.2) is 25.9 Å². The van der Waals surface area contributed by atoms with Gasteiger partial charge >= 0.3 is 0 Å². The molecule has 0 aliphatic rings. The number of carbonyl (C=O) groups excluding carboxylic acids is 1. The Morgan fingerprint density at radius 2 is 1.89 bits per heavy atom. The van der Waals surface area contributed by atoms with E-state index in [1.165, 1.54) is 17.5 Å². The summed E-state index contributed by atoms with van der Waals surface area (Å²) in [5, 5.41) is 3.64. The van der Waals surface area contributed by atoms with Gasteiger partial charge in [0.25, 0.3) is 0 Å². The van der Waals surface area contributed by atoms with Gasteiger partial charge in [-0.2, -0.15) is 0 Å². The molecule has 1 amide bonds. The number of hydrogen-bond donors (Lipinski definition) is 1. The molecule has 0 spiro atoms. The molecule has 1 atom stereocenters. The lowest BCUT2D eigenvalue weighted by Crippen LogP contribution is -2.32. The molecule has 1 aromatic carbocycles. The van der Waals surface area contributed by atoms with E-state index in [1.807, 2.05) is 30.3 Å². The Hall–Kier alpha value is -2.51. The molecule has 0 saturated carbocycles. The normalized spacial score (nSPS) is 12.4. The monoisotopic (exact) mass is 400 g/mol. The average molecular weight is 401 g/mol. The molecule has 3 aromatic rings. The highest BCUT2D eigenvalue weighted by Crippen LogP contribution is 2.30. The molecule has 0 fully saturated rings. The number of aryl methyl sites for hydroxylation is 1. The van der Waals surface area contributed by atoms with Crippen molar-refractivity contribution < 1.29 is 13.2 Å². The van der Waals surface area contributed by atoms with Gasteiger partial charge in [-0.25, -0.2) is 8.42 Å². The first-order valence-electron chi connectivity index (χ1n) is 8.55. The van der Waals surface area contributed by atoms with Crippen molar-refractivity contribution in [2.24, 2.45) is 0 Å². The van der Waals surface area contributed by atoms with E-state index in [4.69, 9.17) is 0 Å². The molecule has 1 N–H and O–H groups in total. The topological polar surface area (TPSA) is 76.1 Å². The summed E-state index contributed by atoms with van der Waals surface area (Å²) >= 11 is 1.17. The Morgan fingerprint density at radius 1 is 1.07 bits per heavy atom. The first kappa shape index (κ1) is 19.3. The number of aromatic nitrogens is 1. The minimum Gasteiger partial charge on any atom is -0.354 e. The van der Waals surface area contributed by atoms with Gasteiger partial charge in [0.2, 0.25) is 5.91 Å². The number of thiophene rings is 1. The van der Waals surface area contributed by atoms with Crippen LogP contribution in [0.15, 0.2) is 76.6 Å². The molecule has 0 bridgehead atoms. The molecule has 0 radical (unpaired) electrons. The number of sulfone groups is 1. The van der Waals surface area contributed by atoms with Gasteiger partial charge in [0.05, 0.1) is 0 Å². The molecule has 0 unspecified atom stereocenters. The zero-order chi connectivity index (χ0) is 19.1. The van der Waals surface area contributed by atoms with Crippen LogP contribution in [0.5, 0.6) is 0 Å². The van der Waals surface area contributed by atoms with Crippen LogP contribution >= 0.6 is 11.3 Å². The van der Waals surface area contributed by atoms with Crippen molar-refractivity contribution in [3.8, 4) is 0 Å². The molecule has 27 heavy (non-hydrogen) atoms. The number of nitrogens with zero attached hydrogens (tertiary/aromatic N) is 1. The summed E-state index contributed by atoms with van der Waals surface area (Å²) in [6.07, 6.45) is 4.05. The zero-order valence-electron chi connectivity index (χ0n) is 14.6. The lowest BCUT2D eigenvalue weighted by molar-refractivity contribution is -0.121. The Morgan fingerprint density at radius 3 is 2.56 bits per heavy atom. The van der Waals surface area contributed by atoms with Gasteiger partial charge in [0.1, 0.15) is 9.46 Å². The zero-order valence-corrected chi connectivity index (χ0v) is 16.2. The number of hydrogen-bond acceptors (Lipinski definition) is 5. The van der Waals surface area contributed by atoms with Gasteiger partial charge in [0.15, 0.2) is 9.84 Å². The van der Waals surface area contributed by atoms with E-state index in [-0.39, 0.29) is 16.7 Å². The molecule has 140 valence electrons. The highest BCUT2D eigenvalue weighted by atomic mass is 32.2. The quantitative estimate of drug-likeness (QED) is 0.629. The Labute approximate surface area is 163 Å². The van der Waals surface area contributed by atoms with Crippen molar-refractivity contribution in [2.45, 2.75) is 22.3 Å². The van der Waals surface area contributed by atoms with E-state index in [9.17, 15) is 13.2 Å². The molecule has 5 nitrogen and oxygen atoms in total. The third-order valence-electron chi connectivity index (χ3n) is 4.17. The van der Waals surface area contributed by atoms with E-state index >= 15 is 0 Å². The summed E-state index contributed by atoms with van der Waals surface area (Å²) in [6.45, 7) is 0.0134. The maximum absolute atomic E-state index is 13.0. The lowest BCUT2D eigenvalue weighted by atomic mass is 10.1. The third kappa shape index (κ3) is 5.02. The van der Waals surface area contributed by atoms with Crippen LogP contribution in [0.4, 0.5) is 0 Å². The predicted molar refractivity (Wildman–Crippen MR) is 106 cm³/mol. The Kier molecular flexibility index (Phi) is 6.36. The fraction of sp³-hybridized carbons (Fsp3) is 0.200. The summed E-state index contributed by atoms with van der Waals surface area (Å²) in [4.78, 5) is 16.3. The first-order chi connectivity index (χ1) is 13.1. The molecule has 2 aromatic heterocycles. The van der Waals surface area contributed by atoms with Crippen LogP contribution in [0, 0.1) is 0 Å². The standard InChI is InChI=1S/C20H20N2O3S2/c23-19(11-10-16-6-2-1-3-7-16)22-15-18(17-8-4-12-21-14-17)27(24,25)20-9-5-13-26-20/h1-9,12-14,18H,10-11,15H2,(H,22,23)/t18-/m0/s1. The number of rotatable bonds is 8. The van der Waals surface area contributed by atoms with Crippen molar-refractivity contribution in [1.29, 1.82) is 0 Å². The summed E-state index contributed by atoms with van der Waals surface area (Å²) in [5.74, 6) is -0.172. The SMILES string of the molecule is O=C(CCc1ccccc1)NC[C@@H](c1cccnc1)S(=O)(=O)c1cccs1. The summed E-state index contributed by atoms with van der Waals surface area (Å²) in [7, 11) is -3.61. The van der Waals surface area contributed by atoms with E-state index in [0.717, 1.165) is 5.56 Å². The lowest BCUT2D eigenvalue weighted by Gasteiger charge is -2.17. The average Bonchev–Trinajstić information content (AvgIpc) is 3.24. The van der Waals surface area contributed by atoms with E-state index in [1.54, 1.807) is 35.8 Å². The summed E-state index contributed by atoms with van der Waals surface area (Å²) in [6, 6.07) is 16.4. The van der Waals surface area contributed by atoms with E-state index in [2.05, 4.69) is 10.3 Å². The molecule has 3 rings (SSSR count). The second kappa shape index (κ2) is 8.92. The van der Waals surface area contributed by atoms with Crippen molar-refractivity contribution in [2.75, 3.05) is 6.54 Å². The second-order valence-corrected chi connectivity index (χ2v) is 9.35. The van der Waals surface area contributed by atoms with Crippen LogP contribution in [0.25, 0.3) is 0 Å². The van der Waals surface area contributed by atoms with Crippen molar-refractivity contribution in [1.82, 2.24) is 10.3 Å². The fourth-order valence-electron chi connectivity index (χ4n) is 2.74. The summed E-state index contributed by atoms with van der Waals surface area (Å²) in [5.41, 5.74) is 1.64. The predicted octanol–water partition coefficient (Wildman–Crippen LogP) is 3.41. The molecule has 0 saturated heterocycles. The maximum atomic E-state index is 13.0. The highest BCUT2D eigenvalue weighted by molar-refractivity contribution is 7.93. The van der Waals surface area contributed by atoms with Gasteiger partial charge < -0.3 is 5.32 Å². The van der Waals surface area contributed by atoms with Crippen molar-refractivity contribution in [3.05, 3.63) is 83.5 Å². The molecular weight excluding hydrogens is 380 g/mol. The van der Waals surface area contributed by atoms with Gasteiger partial charge in [-0.1, -0.05) is 42.5 Å². The molecule has 2 heterocycles. The first-order valence-corrected chi connectivity index (χ1v) is 11.0. The smallest absolute Gasteiger partial charge is 0.220 e. The summed E-state index contributed by atoms with van der Waals surface area (Å²) < 4.78 is 26.3. The molecule has 0 aliphatic carbocycles. The number of amides is 1. The molecule has 0 aliphatic heterocycles. The second-order valence-electron chi connectivity index (χ2n) is 6.04. The van der Waals surface area contributed by atoms with Crippen molar-refractivity contribution in [3.63, 3.8) is 0 Å². The maximum Gasteiger partial charge on any atom is 0.220 e. The van der Waals surface area contributed by atoms with Gasteiger partial charge in [-0.15, -0.1) is 11.3 Å². The minimum atomic E-state index is -3.61. The molecular formula is C20H20N2O3S2. The van der Waals surface area contributed by atoms with E-state index < -0.39 is 15.1 Å². The number of benzene rings is 1. The van der Waals surface area contributed by atoms with Gasteiger partial charge in [0, 0.05) is 25.4 Å². The van der Waals surface area contributed by atoms with Crippen LogP contribution in [0.2, 0.25) is 0 Å². The van der Waals surface area contributed by atoms with Crippen LogP contribution in [0.3, 0.4) is 0 Å². The highest BCUT2D eigenvalue weighted by Gasteiger charge is 2.30. The number of carbonyl (C=O) groups is 1. The van der Waals surface area contributed by atoms with Gasteiger partial charge in [-0.3, -0.25) is 9.78 Å².